The number of hydrogen-bond acceptors (Lipinski definition) is 4. The summed E-state index contributed by atoms with van der Waals surface area (Å²) in [5.41, 5.74) is 1.78. The van der Waals surface area contributed by atoms with E-state index in [1.807, 2.05) is 55.5 Å². The largest absolute Gasteiger partial charge is 0.384 e. The van der Waals surface area contributed by atoms with E-state index in [0.29, 0.717) is 12.2 Å². The lowest BCUT2D eigenvalue weighted by Gasteiger charge is -2.42. The quantitative estimate of drug-likeness (QED) is 0.754. The van der Waals surface area contributed by atoms with Gasteiger partial charge in [0, 0.05) is 44.0 Å². The molecule has 3 rings (SSSR count). The Bertz CT molecular complexity index is 679. The summed E-state index contributed by atoms with van der Waals surface area (Å²) in [6.07, 6.45) is 2.30. The second-order valence-electron chi connectivity index (χ2n) is 6.98. The monoisotopic (exact) mass is 351 g/mol. The number of benzene rings is 2. The molecule has 2 aromatic carbocycles. The fourth-order valence-corrected chi connectivity index (χ4v) is 3.68. The molecule has 26 heavy (non-hydrogen) atoms. The van der Waals surface area contributed by atoms with Crippen LogP contribution in [0, 0.1) is 0 Å². The summed E-state index contributed by atoms with van der Waals surface area (Å²) in [6.45, 7) is 5.78. The Hall–Kier alpha value is -2.33. The lowest BCUT2D eigenvalue weighted by molar-refractivity contribution is -0.124. The molecule has 1 aliphatic heterocycles. The maximum atomic E-state index is 12.7. The van der Waals surface area contributed by atoms with Crippen LogP contribution in [0.3, 0.4) is 0 Å². The highest BCUT2D eigenvalue weighted by Gasteiger charge is 2.39. The molecule has 0 aromatic heterocycles. The predicted octanol–water partition coefficient (Wildman–Crippen LogP) is 4.02. The molecular weight excluding hydrogens is 322 g/mol. The smallest absolute Gasteiger partial charge is 0.157 e. The number of para-hydroxylation sites is 2. The molecule has 0 aliphatic carbocycles. The molecule has 1 saturated heterocycles. The Morgan fingerprint density at radius 2 is 1.54 bits per heavy atom. The van der Waals surface area contributed by atoms with Crippen LogP contribution in [0.4, 0.5) is 11.4 Å². The second-order valence-corrected chi connectivity index (χ2v) is 6.98. The van der Waals surface area contributed by atoms with E-state index < -0.39 is 5.54 Å². The van der Waals surface area contributed by atoms with Crippen molar-refractivity contribution in [1.82, 2.24) is 4.90 Å². The molecule has 4 nitrogen and oxygen atoms in total. The van der Waals surface area contributed by atoms with Crippen LogP contribution in [0.1, 0.15) is 26.2 Å². The van der Waals surface area contributed by atoms with Crippen LogP contribution in [0.5, 0.6) is 0 Å². The van der Waals surface area contributed by atoms with Crippen LogP contribution < -0.4 is 10.6 Å². The summed E-state index contributed by atoms with van der Waals surface area (Å²) >= 11 is 0. The van der Waals surface area contributed by atoms with Gasteiger partial charge in [-0.2, -0.15) is 0 Å². The minimum Gasteiger partial charge on any atom is -0.384 e. The average Bonchev–Trinajstić information content (AvgIpc) is 2.70. The number of likely N-dealkylation sites (tertiary alicyclic amines) is 1. The topological polar surface area (TPSA) is 44.4 Å². The van der Waals surface area contributed by atoms with Gasteiger partial charge in [-0.25, -0.2) is 0 Å². The molecule has 0 unspecified atom stereocenters. The summed E-state index contributed by atoms with van der Waals surface area (Å²) < 4.78 is 0. The van der Waals surface area contributed by atoms with Gasteiger partial charge in [-0.1, -0.05) is 43.3 Å². The van der Waals surface area contributed by atoms with Gasteiger partial charge in [0.05, 0.1) is 5.54 Å². The van der Waals surface area contributed by atoms with Crippen LogP contribution in [0.15, 0.2) is 60.7 Å². The first-order chi connectivity index (χ1) is 12.7. The summed E-state index contributed by atoms with van der Waals surface area (Å²) in [6, 6.07) is 20.4. The number of rotatable bonds is 8. The van der Waals surface area contributed by atoms with Gasteiger partial charge >= 0.3 is 0 Å². The molecule has 0 spiro atoms. The molecular formula is C22H29N3O. The van der Waals surface area contributed by atoms with Crippen molar-refractivity contribution in [1.29, 1.82) is 0 Å². The van der Waals surface area contributed by atoms with Crippen molar-refractivity contribution in [2.75, 3.05) is 36.8 Å². The van der Waals surface area contributed by atoms with Gasteiger partial charge < -0.3 is 15.5 Å². The zero-order valence-corrected chi connectivity index (χ0v) is 15.6. The van der Waals surface area contributed by atoms with E-state index in [9.17, 15) is 4.79 Å². The molecule has 2 N–H and O–H groups in total. The molecule has 0 saturated carbocycles. The SMILES string of the molecule is CCC(=O)C1(Nc2ccccc2)CCN(CCNc2ccccc2)CC1. The number of nitrogens with one attached hydrogen (secondary N) is 2. The van der Waals surface area contributed by atoms with Gasteiger partial charge in [0.25, 0.3) is 0 Å². The second kappa shape index (κ2) is 8.86. The minimum absolute atomic E-state index is 0.323. The summed E-state index contributed by atoms with van der Waals surface area (Å²) in [5, 5.41) is 7.02. The number of ketones is 1. The molecule has 1 heterocycles. The number of nitrogens with zero attached hydrogens (tertiary/aromatic N) is 1. The molecule has 1 fully saturated rings. The third-order valence-electron chi connectivity index (χ3n) is 5.25. The van der Waals surface area contributed by atoms with Gasteiger partial charge in [0.1, 0.15) is 0 Å². The number of piperidine rings is 1. The average molecular weight is 351 g/mol. The Morgan fingerprint density at radius 3 is 2.12 bits per heavy atom. The molecule has 4 heteroatoms. The maximum absolute atomic E-state index is 12.7. The number of hydrogen-bond donors (Lipinski definition) is 2. The van der Waals surface area contributed by atoms with Crippen LogP contribution >= 0.6 is 0 Å². The van der Waals surface area contributed by atoms with E-state index in [2.05, 4.69) is 27.7 Å². The van der Waals surface area contributed by atoms with E-state index >= 15 is 0 Å². The van der Waals surface area contributed by atoms with E-state index in [-0.39, 0.29) is 0 Å². The van der Waals surface area contributed by atoms with Crippen molar-refractivity contribution >= 4 is 17.2 Å². The van der Waals surface area contributed by atoms with Crippen LogP contribution in [0.25, 0.3) is 0 Å². The fourth-order valence-electron chi connectivity index (χ4n) is 3.68. The Labute approximate surface area is 156 Å². The van der Waals surface area contributed by atoms with Crippen LogP contribution in [0.2, 0.25) is 0 Å². The van der Waals surface area contributed by atoms with E-state index in [0.717, 1.165) is 50.4 Å². The number of carbonyl (C=O) groups excluding carboxylic acids is 1. The van der Waals surface area contributed by atoms with E-state index in [1.165, 1.54) is 0 Å². The van der Waals surface area contributed by atoms with Gasteiger partial charge in [0.2, 0.25) is 0 Å². The molecule has 1 aliphatic rings. The molecule has 0 atom stereocenters. The lowest BCUT2D eigenvalue weighted by atomic mass is 9.82. The van der Waals surface area contributed by atoms with Gasteiger partial charge in [-0.3, -0.25) is 4.79 Å². The van der Waals surface area contributed by atoms with Crippen molar-refractivity contribution in [2.45, 2.75) is 31.7 Å². The highest BCUT2D eigenvalue weighted by atomic mass is 16.1. The summed E-state index contributed by atoms with van der Waals surface area (Å²) in [4.78, 5) is 15.2. The van der Waals surface area contributed by atoms with Gasteiger partial charge in [-0.05, 0) is 37.1 Å². The van der Waals surface area contributed by atoms with Crippen LogP contribution in [-0.2, 0) is 4.79 Å². The standard InChI is InChI=1S/C22H29N3O/c1-2-21(26)22(24-20-11-7-4-8-12-20)13-16-25(17-14-22)18-15-23-19-9-5-3-6-10-19/h3-12,23-24H,2,13-18H2,1H3. The van der Waals surface area contributed by atoms with Crippen molar-refractivity contribution in [2.24, 2.45) is 0 Å². The van der Waals surface area contributed by atoms with Gasteiger partial charge in [0.15, 0.2) is 5.78 Å². The number of anilines is 2. The minimum atomic E-state index is -0.417. The van der Waals surface area contributed by atoms with Crippen molar-refractivity contribution in [3.63, 3.8) is 0 Å². The zero-order valence-electron chi connectivity index (χ0n) is 15.6. The maximum Gasteiger partial charge on any atom is 0.157 e. The summed E-state index contributed by atoms with van der Waals surface area (Å²) in [7, 11) is 0. The van der Waals surface area contributed by atoms with E-state index in [4.69, 9.17) is 0 Å². The number of Topliss-reactive ketones (excluding diaryl/α,β-unsaturated/α-hetero) is 1. The fraction of sp³-hybridized carbons (Fsp3) is 0.409. The zero-order chi connectivity index (χ0) is 18.2. The van der Waals surface area contributed by atoms with Crippen LogP contribution in [-0.4, -0.2) is 42.4 Å². The first-order valence-electron chi connectivity index (χ1n) is 9.60. The third-order valence-corrected chi connectivity index (χ3v) is 5.25. The highest BCUT2D eigenvalue weighted by Crippen LogP contribution is 2.29. The first-order valence-corrected chi connectivity index (χ1v) is 9.60. The summed E-state index contributed by atoms with van der Waals surface area (Å²) in [5.74, 6) is 0.323. The third kappa shape index (κ3) is 4.64. The van der Waals surface area contributed by atoms with E-state index in [1.54, 1.807) is 0 Å². The predicted molar refractivity (Wildman–Crippen MR) is 109 cm³/mol. The van der Waals surface area contributed by atoms with Crippen molar-refractivity contribution in [3.8, 4) is 0 Å². The Balaban J connectivity index is 1.54. The molecule has 2 aromatic rings. The first kappa shape index (κ1) is 18.5. The molecule has 0 amide bonds. The normalized spacial score (nSPS) is 16.8. The number of carbonyl (C=O) groups is 1. The lowest BCUT2D eigenvalue weighted by Crippen LogP contribution is -2.54. The molecule has 0 bridgehead atoms. The van der Waals surface area contributed by atoms with Crippen molar-refractivity contribution in [3.05, 3.63) is 60.7 Å². The Morgan fingerprint density at radius 1 is 0.962 bits per heavy atom. The van der Waals surface area contributed by atoms with Gasteiger partial charge in [-0.15, -0.1) is 0 Å². The molecule has 138 valence electrons. The Kier molecular flexibility index (Phi) is 6.29. The molecule has 0 radical (unpaired) electrons. The van der Waals surface area contributed by atoms with Crippen molar-refractivity contribution < 1.29 is 4.79 Å². The highest BCUT2D eigenvalue weighted by molar-refractivity contribution is 5.91.